The number of carbonyl (C=O) groups excluding carboxylic acids is 4. The van der Waals surface area contributed by atoms with Crippen molar-refractivity contribution in [1.82, 2.24) is 9.80 Å². The van der Waals surface area contributed by atoms with Gasteiger partial charge in [0.05, 0.1) is 24.6 Å². The first kappa shape index (κ1) is 22.6. The van der Waals surface area contributed by atoms with Crippen LogP contribution in [0.5, 0.6) is 0 Å². The molecule has 0 radical (unpaired) electrons. The molecule has 2 aromatic carbocycles. The highest BCUT2D eigenvalue weighted by molar-refractivity contribution is 5.98. The number of hydrogen-bond donors (Lipinski definition) is 0. The number of amides is 3. The maximum Gasteiger partial charge on any atom is 0.410 e. The molecule has 9 nitrogen and oxygen atoms in total. The van der Waals surface area contributed by atoms with Crippen LogP contribution in [0.3, 0.4) is 0 Å². The van der Waals surface area contributed by atoms with Crippen LogP contribution in [0.2, 0.25) is 0 Å². The van der Waals surface area contributed by atoms with Gasteiger partial charge in [-0.1, -0.05) is 30.3 Å². The summed E-state index contributed by atoms with van der Waals surface area (Å²) >= 11 is 0. The van der Waals surface area contributed by atoms with Gasteiger partial charge >= 0.3 is 12.1 Å². The van der Waals surface area contributed by atoms with E-state index in [1.54, 1.807) is 11.0 Å². The second-order valence-electron chi connectivity index (χ2n) is 9.97. The number of hydrogen-bond acceptors (Lipinski definition) is 6. The largest absolute Gasteiger partial charge is 0.453 e. The van der Waals surface area contributed by atoms with Crippen molar-refractivity contribution in [3.8, 4) is 0 Å². The zero-order valence-corrected chi connectivity index (χ0v) is 20.1. The van der Waals surface area contributed by atoms with Crippen molar-refractivity contribution in [3.63, 3.8) is 0 Å². The Kier molecular flexibility index (Phi) is 5.07. The average Bonchev–Trinajstić information content (AvgIpc) is 3.54. The monoisotopic (exact) mass is 489 g/mol. The Labute approximate surface area is 208 Å². The van der Waals surface area contributed by atoms with Crippen molar-refractivity contribution in [2.24, 2.45) is 0 Å². The van der Waals surface area contributed by atoms with E-state index in [1.807, 2.05) is 47.4 Å². The molecule has 2 aromatic rings. The lowest BCUT2D eigenvalue weighted by Crippen LogP contribution is -2.52. The second-order valence-corrected chi connectivity index (χ2v) is 9.97. The van der Waals surface area contributed by atoms with Gasteiger partial charge in [0.25, 0.3) is 0 Å². The first-order valence-corrected chi connectivity index (χ1v) is 12.2. The van der Waals surface area contributed by atoms with E-state index in [-0.39, 0.29) is 24.3 Å². The van der Waals surface area contributed by atoms with E-state index in [1.165, 1.54) is 12.0 Å². The summed E-state index contributed by atoms with van der Waals surface area (Å²) in [5.74, 6) is -0.431. The van der Waals surface area contributed by atoms with Crippen LogP contribution in [0, 0.1) is 0 Å². The lowest BCUT2D eigenvalue weighted by molar-refractivity contribution is -0.134. The summed E-state index contributed by atoms with van der Waals surface area (Å²) in [4.78, 5) is 55.3. The van der Waals surface area contributed by atoms with Crippen LogP contribution in [-0.4, -0.2) is 73.5 Å². The molecule has 2 saturated heterocycles. The van der Waals surface area contributed by atoms with Crippen molar-refractivity contribution >= 4 is 29.6 Å². The summed E-state index contributed by atoms with van der Waals surface area (Å²) in [5, 5.41) is 0. The van der Waals surface area contributed by atoms with Crippen LogP contribution in [0.25, 0.3) is 0 Å². The molecular formula is C27H27N3O6. The summed E-state index contributed by atoms with van der Waals surface area (Å²) in [5.41, 5.74) is 1.81. The Morgan fingerprint density at radius 2 is 1.67 bits per heavy atom. The van der Waals surface area contributed by atoms with Crippen molar-refractivity contribution in [1.29, 1.82) is 0 Å². The fourth-order valence-corrected chi connectivity index (χ4v) is 5.85. The third-order valence-electron chi connectivity index (χ3n) is 7.99. The average molecular weight is 490 g/mol. The van der Waals surface area contributed by atoms with E-state index >= 15 is 0 Å². The van der Waals surface area contributed by atoms with Crippen molar-refractivity contribution in [2.45, 2.75) is 30.3 Å². The SMILES string of the molecule is COC(=O)N1CCN(c2ccc(C3(C(=O)N4CC[C@@]5(C4)OC(=O)c4ccccc45)CC3)cc2)C(=O)C1. The lowest BCUT2D eigenvalue weighted by Gasteiger charge is -2.33. The summed E-state index contributed by atoms with van der Waals surface area (Å²) in [6.07, 6.45) is 1.62. The maximum absolute atomic E-state index is 13.7. The second kappa shape index (κ2) is 8.08. The van der Waals surface area contributed by atoms with Gasteiger partial charge in [-0.3, -0.25) is 14.5 Å². The standard InChI is InChI=1S/C27H27N3O6/c1-35-25(34)28-14-15-30(22(31)16-28)19-8-6-18(7-9-19)26(10-11-26)24(33)29-13-12-27(17-29)21-5-3-2-4-20(21)23(32)36-27/h2-9H,10-17H2,1H3/t27-/m0/s1. The molecule has 4 aliphatic rings. The van der Waals surface area contributed by atoms with Gasteiger partial charge in [-0.15, -0.1) is 0 Å². The Morgan fingerprint density at radius 1 is 0.917 bits per heavy atom. The van der Waals surface area contributed by atoms with Crippen LogP contribution < -0.4 is 4.90 Å². The minimum atomic E-state index is -0.754. The Balaban J connectivity index is 1.16. The Morgan fingerprint density at radius 3 is 2.36 bits per heavy atom. The smallest absolute Gasteiger partial charge is 0.410 e. The third-order valence-corrected chi connectivity index (χ3v) is 7.99. The number of methoxy groups -OCH3 is 1. The van der Waals surface area contributed by atoms with Gasteiger partial charge in [0.1, 0.15) is 6.54 Å². The molecule has 0 aromatic heterocycles. The van der Waals surface area contributed by atoms with Gasteiger partial charge in [-0.2, -0.15) is 0 Å². The van der Waals surface area contributed by atoms with E-state index in [0.29, 0.717) is 38.2 Å². The zero-order valence-electron chi connectivity index (χ0n) is 20.1. The first-order valence-electron chi connectivity index (χ1n) is 12.2. The minimum Gasteiger partial charge on any atom is -0.453 e. The van der Waals surface area contributed by atoms with E-state index < -0.39 is 17.1 Å². The molecular weight excluding hydrogens is 462 g/mol. The van der Waals surface area contributed by atoms with Gasteiger partial charge in [-0.25, -0.2) is 9.59 Å². The molecule has 1 atom stereocenters. The fraction of sp³-hybridized carbons (Fsp3) is 0.407. The molecule has 1 saturated carbocycles. The van der Waals surface area contributed by atoms with Gasteiger partial charge in [0.2, 0.25) is 11.8 Å². The molecule has 36 heavy (non-hydrogen) atoms. The van der Waals surface area contributed by atoms with E-state index in [4.69, 9.17) is 9.47 Å². The number of nitrogens with zero attached hydrogens (tertiary/aromatic N) is 3. The number of fused-ring (bicyclic) bond motifs is 2. The van der Waals surface area contributed by atoms with Gasteiger partial charge in [-0.05, 0) is 36.6 Å². The molecule has 6 rings (SSSR count). The summed E-state index contributed by atoms with van der Waals surface area (Å²) in [6, 6.07) is 15.0. The van der Waals surface area contributed by atoms with Crippen LogP contribution in [0.4, 0.5) is 10.5 Å². The van der Waals surface area contributed by atoms with Crippen LogP contribution in [0.1, 0.15) is 40.7 Å². The number of esters is 1. The molecule has 9 heteroatoms. The Bertz CT molecular complexity index is 1270. The minimum absolute atomic E-state index is 0.0265. The summed E-state index contributed by atoms with van der Waals surface area (Å²) < 4.78 is 10.5. The van der Waals surface area contributed by atoms with Crippen molar-refractivity contribution in [2.75, 3.05) is 44.7 Å². The van der Waals surface area contributed by atoms with Gasteiger partial charge in [0, 0.05) is 37.3 Å². The number of benzene rings is 2. The molecule has 1 aliphatic carbocycles. The van der Waals surface area contributed by atoms with Crippen LogP contribution in [0.15, 0.2) is 48.5 Å². The van der Waals surface area contributed by atoms with E-state index in [2.05, 4.69) is 0 Å². The highest BCUT2D eigenvalue weighted by atomic mass is 16.6. The third kappa shape index (κ3) is 3.37. The number of carbonyl (C=O) groups is 4. The zero-order chi connectivity index (χ0) is 25.1. The molecule has 186 valence electrons. The number of piperazine rings is 1. The van der Waals surface area contributed by atoms with E-state index in [9.17, 15) is 19.2 Å². The molecule has 0 N–H and O–H groups in total. The quantitative estimate of drug-likeness (QED) is 0.615. The molecule has 3 aliphatic heterocycles. The molecule has 3 heterocycles. The highest BCUT2D eigenvalue weighted by Crippen LogP contribution is 2.52. The normalized spacial score (nSPS) is 24.1. The van der Waals surface area contributed by atoms with Crippen LogP contribution in [-0.2, 0) is 30.1 Å². The Hall–Kier alpha value is -3.88. The number of rotatable bonds is 3. The molecule has 3 amide bonds. The summed E-state index contributed by atoms with van der Waals surface area (Å²) in [7, 11) is 1.30. The van der Waals surface area contributed by atoms with Gasteiger partial charge in [0.15, 0.2) is 5.60 Å². The predicted molar refractivity (Wildman–Crippen MR) is 128 cm³/mol. The van der Waals surface area contributed by atoms with Crippen molar-refractivity contribution in [3.05, 3.63) is 65.2 Å². The maximum atomic E-state index is 13.7. The van der Waals surface area contributed by atoms with Crippen LogP contribution >= 0.6 is 0 Å². The number of ether oxygens (including phenoxy) is 2. The molecule has 0 bridgehead atoms. The molecule has 0 unspecified atom stereocenters. The highest BCUT2D eigenvalue weighted by Gasteiger charge is 2.57. The van der Waals surface area contributed by atoms with Gasteiger partial charge < -0.3 is 19.3 Å². The predicted octanol–water partition coefficient (Wildman–Crippen LogP) is 2.43. The molecule has 3 fully saturated rings. The number of anilines is 1. The lowest BCUT2D eigenvalue weighted by atomic mass is 9.91. The summed E-state index contributed by atoms with van der Waals surface area (Å²) in [6.45, 7) is 1.66. The van der Waals surface area contributed by atoms with E-state index in [0.717, 1.165) is 29.7 Å². The number of likely N-dealkylation sites (tertiary alicyclic amines) is 1. The topological polar surface area (TPSA) is 96.5 Å². The van der Waals surface area contributed by atoms with Crippen molar-refractivity contribution < 1.29 is 28.7 Å². The first-order chi connectivity index (χ1) is 17.4. The molecule has 1 spiro atoms. The fourth-order valence-electron chi connectivity index (χ4n) is 5.85.